The van der Waals surface area contributed by atoms with Crippen LogP contribution in [0, 0.1) is 0 Å². The molecule has 0 unspecified atom stereocenters. The van der Waals surface area contributed by atoms with Crippen LogP contribution < -0.4 is 9.47 Å². The lowest BCUT2D eigenvalue weighted by Gasteiger charge is -2.10. The van der Waals surface area contributed by atoms with Crippen LogP contribution in [0.1, 0.15) is 17.3 Å². The summed E-state index contributed by atoms with van der Waals surface area (Å²) < 4.78 is 10.3. The average molecular weight is 215 g/mol. The highest BCUT2D eigenvalue weighted by molar-refractivity contribution is 6.32. The van der Waals surface area contributed by atoms with Gasteiger partial charge in [-0.1, -0.05) is 11.6 Å². The first-order valence-electron chi connectivity index (χ1n) is 4.18. The highest BCUT2D eigenvalue weighted by Gasteiger charge is 2.10. The topological polar surface area (TPSA) is 35.5 Å². The van der Waals surface area contributed by atoms with Crippen LogP contribution in [-0.2, 0) is 0 Å². The Morgan fingerprint density at radius 3 is 2.71 bits per heavy atom. The number of hydrogen-bond acceptors (Lipinski definition) is 3. The van der Waals surface area contributed by atoms with Gasteiger partial charge >= 0.3 is 0 Å². The van der Waals surface area contributed by atoms with E-state index in [9.17, 15) is 4.79 Å². The van der Waals surface area contributed by atoms with Gasteiger partial charge in [-0.05, 0) is 19.1 Å². The van der Waals surface area contributed by atoms with E-state index in [-0.39, 0.29) is 0 Å². The second kappa shape index (κ2) is 4.86. The van der Waals surface area contributed by atoms with E-state index >= 15 is 0 Å². The molecule has 0 saturated heterocycles. The van der Waals surface area contributed by atoms with Gasteiger partial charge in [-0.25, -0.2) is 0 Å². The Labute approximate surface area is 87.6 Å². The standard InChI is InChI=1S/C10H11ClO3/c1-3-14-9-5-7(6-12)4-8(11)10(9)13-2/h4-6H,3H2,1-2H3. The van der Waals surface area contributed by atoms with E-state index < -0.39 is 0 Å². The number of aldehydes is 1. The molecule has 0 aromatic heterocycles. The second-order valence-corrected chi connectivity index (χ2v) is 2.99. The summed E-state index contributed by atoms with van der Waals surface area (Å²) in [5.74, 6) is 0.948. The van der Waals surface area contributed by atoms with Gasteiger partial charge in [0.25, 0.3) is 0 Å². The maximum Gasteiger partial charge on any atom is 0.179 e. The van der Waals surface area contributed by atoms with Crippen LogP contribution in [0.3, 0.4) is 0 Å². The molecule has 1 aromatic carbocycles. The van der Waals surface area contributed by atoms with Crippen molar-refractivity contribution in [2.75, 3.05) is 13.7 Å². The van der Waals surface area contributed by atoms with Crippen LogP contribution in [0.2, 0.25) is 5.02 Å². The number of benzene rings is 1. The van der Waals surface area contributed by atoms with E-state index in [0.717, 1.165) is 0 Å². The predicted octanol–water partition coefficient (Wildman–Crippen LogP) is 2.56. The number of halogens is 1. The average Bonchev–Trinajstić information content (AvgIpc) is 2.18. The van der Waals surface area contributed by atoms with Crippen molar-refractivity contribution in [2.45, 2.75) is 6.92 Å². The quantitative estimate of drug-likeness (QED) is 0.723. The molecule has 0 spiro atoms. The fraction of sp³-hybridized carbons (Fsp3) is 0.300. The number of carbonyl (C=O) groups is 1. The molecular formula is C10H11ClO3. The zero-order valence-electron chi connectivity index (χ0n) is 8.04. The van der Waals surface area contributed by atoms with Crippen LogP contribution in [0.15, 0.2) is 12.1 Å². The maximum absolute atomic E-state index is 10.6. The number of hydrogen-bond donors (Lipinski definition) is 0. The third kappa shape index (κ3) is 2.17. The summed E-state index contributed by atoms with van der Waals surface area (Å²) in [7, 11) is 1.50. The van der Waals surface area contributed by atoms with Crippen LogP contribution >= 0.6 is 11.6 Å². The molecule has 0 bridgehead atoms. The fourth-order valence-electron chi connectivity index (χ4n) is 1.12. The van der Waals surface area contributed by atoms with Gasteiger partial charge in [0.1, 0.15) is 6.29 Å². The van der Waals surface area contributed by atoms with Gasteiger partial charge in [0.2, 0.25) is 0 Å². The Bertz CT molecular complexity index is 336. The summed E-state index contributed by atoms with van der Waals surface area (Å²) >= 11 is 5.89. The predicted molar refractivity (Wildman–Crippen MR) is 54.6 cm³/mol. The van der Waals surface area contributed by atoms with Gasteiger partial charge in [0, 0.05) is 5.56 Å². The zero-order chi connectivity index (χ0) is 10.6. The van der Waals surface area contributed by atoms with E-state index in [1.165, 1.54) is 13.2 Å². The third-order valence-corrected chi connectivity index (χ3v) is 1.95. The summed E-state index contributed by atoms with van der Waals surface area (Å²) in [6, 6.07) is 3.14. The van der Waals surface area contributed by atoms with Crippen molar-refractivity contribution in [2.24, 2.45) is 0 Å². The highest BCUT2D eigenvalue weighted by Crippen LogP contribution is 2.35. The molecule has 0 aliphatic rings. The van der Waals surface area contributed by atoms with Crippen molar-refractivity contribution in [3.63, 3.8) is 0 Å². The first-order valence-corrected chi connectivity index (χ1v) is 4.56. The van der Waals surface area contributed by atoms with Gasteiger partial charge < -0.3 is 9.47 Å². The molecule has 0 fully saturated rings. The van der Waals surface area contributed by atoms with Gasteiger partial charge in [-0.15, -0.1) is 0 Å². The van der Waals surface area contributed by atoms with Crippen molar-refractivity contribution in [3.8, 4) is 11.5 Å². The maximum atomic E-state index is 10.6. The summed E-state index contributed by atoms with van der Waals surface area (Å²) in [6.07, 6.45) is 0.716. The van der Waals surface area contributed by atoms with Gasteiger partial charge in [-0.2, -0.15) is 0 Å². The van der Waals surface area contributed by atoms with E-state index in [4.69, 9.17) is 21.1 Å². The van der Waals surface area contributed by atoms with Gasteiger partial charge in [0.05, 0.1) is 18.7 Å². The summed E-state index contributed by atoms with van der Waals surface area (Å²) in [6.45, 7) is 2.34. The molecule has 0 amide bonds. The lowest BCUT2D eigenvalue weighted by molar-refractivity contribution is 0.112. The smallest absolute Gasteiger partial charge is 0.179 e. The SMILES string of the molecule is CCOc1cc(C=O)cc(Cl)c1OC. The minimum absolute atomic E-state index is 0.376. The summed E-state index contributed by atoms with van der Waals surface area (Å²) in [4.78, 5) is 10.6. The Morgan fingerprint density at radius 2 is 2.21 bits per heavy atom. The van der Waals surface area contributed by atoms with Crippen molar-refractivity contribution < 1.29 is 14.3 Å². The molecule has 0 saturated carbocycles. The van der Waals surface area contributed by atoms with E-state index in [1.807, 2.05) is 6.92 Å². The minimum Gasteiger partial charge on any atom is -0.491 e. The molecule has 0 aliphatic carbocycles. The van der Waals surface area contributed by atoms with E-state index in [2.05, 4.69) is 0 Å². The van der Waals surface area contributed by atoms with Crippen molar-refractivity contribution in [3.05, 3.63) is 22.7 Å². The van der Waals surface area contributed by atoms with Gasteiger partial charge in [0.15, 0.2) is 11.5 Å². The number of carbonyl (C=O) groups excluding carboxylic acids is 1. The largest absolute Gasteiger partial charge is 0.491 e. The highest BCUT2D eigenvalue weighted by atomic mass is 35.5. The molecule has 3 nitrogen and oxygen atoms in total. The van der Waals surface area contributed by atoms with Crippen molar-refractivity contribution in [1.29, 1.82) is 0 Å². The molecule has 0 N–H and O–H groups in total. The first-order chi connectivity index (χ1) is 6.72. The van der Waals surface area contributed by atoms with Crippen LogP contribution in [0.5, 0.6) is 11.5 Å². The Balaban J connectivity index is 3.20. The molecule has 14 heavy (non-hydrogen) atoms. The van der Waals surface area contributed by atoms with Crippen LogP contribution in [0.4, 0.5) is 0 Å². The lowest BCUT2D eigenvalue weighted by Crippen LogP contribution is -1.97. The zero-order valence-corrected chi connectivity index (χ0v) is 8.80. The number of ether oxygens (including phenoxy) is 2. The van der Waals surface area contributed by atoms with E-state index in [0.29, 0.717) is 35.0 Å². The molecule has 0 atom stereocenters. The number of rotatable bonds is 4. The van der Waals surface area contributed by atoms with Crippen molar-refractivity contribution in [1.82, 2.24) is 0 Å². The van der Waals surface area contributed by atoms with E-state index in [1.54, 1.807) is 6.07 Å². The Hall–Kier alpha value is -1.22. The number of methoxy groups -OCH3 is 1. The van der Waals surface area contributed by atoms with Crippen molar-refractivity contribution >= 4 is 17.9 Å². The second-order valence-electron chi connectivity index (χ2n) is 2.58. The molecule has 0 heterocycles. The van der Waals surface area contributed by atoms with Gasteiger partial charge in [-0.3, -0.25) is 4.79 Å². The molecule has 1 aromatic rings. The fourth-order valence-corrected chi connectivity index (χ4v) is 1.41. The normalized spacial score (nSPS) is 9.64. The summed E-state index contributed by atoms with van der Waals surface area (Å²) in [5.41, 5.74) is 0.472. The molecular weight excluding hydrogens is 204 g/mol. The monoisotopic (exact) mass is 214 g/mol. The molecule has 1 rings (SSSR count). The Kier molecular flexibility index (Phi) is 3.77. The lowest BCUT2D eigenvalue weighted by atomic mass is 10.2. The minimum atomic E-state index is 0.376. The van der Waals surface area contributed by atoms with Crippen LogP contribution in [0.25, 0.3) is 0 Å². The van der Waals surface area contributed by atoms with Crippen LogP contribution in [-0.4, -0.2) is 20.0 Å². The molecule has 4 heteroatoms. The summed E-state index contributed by atoms with van der Waals surface area (Å²) in [5, 5.41) is 0.376. The third-order valence-electron chi connectivity index (χ3n) is 1.67. The molecule has 76 valence electrons. The molecule has 0 aliphatic heterocycles. The Morgan fingerprint density at radius 1 is 1.50 bits per heavy atom. The molecule has 0 radical (unpaired) electrons. The first kappa shape index (κ1) is 10.9.